The minimum absolute atomic E-state index is 0.0246. The predicted molar refractivity (Wildman–Crippen MR) is 110 cm³/mol. The number of nitrogens with zero attached hydrogens (tertiary/aromatic N) is 1. The first kappa shape index (κ1) is 20.8. The zero-order valence-electron chi connectivity index (χ0n) is 16.6. The highest BCUT2D eigenvalue weighted by Gasteiger charge is 2.26. The average molecular weight is 414 g/mol. The van der Waals surface area contributed by atoms with Crippen molar-refractivity contribution in [3.8, 4) is 0 Å². The van der Waals surface area contributed by atoms with Gasteiger partial charge >= 0.3 is 5.97 Å². The number of para-hydroxylation sites is 1. The third-order valence-corrected chi connectivity index (χ3v) is 6.45. The number of Topliss-reactive ketones (excluding diaryl/α,β-unsaturated/α-hetero) is 1. The number of fused-ring (bicyclic) bond motifs is 1. The monoisotopic (exact) mass is 414 g/mol. The summed E-state index contributed by atoms with van der Waals surface area (Å²) in [4.78, 5) is 28.6. The molecule has 0 saturated carbocycles. The van der Waals surface area contributed by atoms with E-state index in [1.54, 1.807) is 6.92 Å². The second-order valence-corrected chi connectivity index (χ2v) is 9.05. The summed E-state index contributed by atoms with van der Waals surface area (Å²) in [5.41, 5.74) is 2.06. The maximum absolute atomic E-state index is 12.9. The van der Waals surface area contributed by atoms with Gasteiger partial charge in [0.15, 0.2) is 6.10 Å². The van der Waals surface area contributed by atoms with Crippen LogP contribution in [0.2, 0.25) is 0 Å². The van der Waals surface area contributed by atoms with Crippen molar-refractivity contribution in [2.75, 3.05) is 14.1 Å². The molecule has 0 fully saturated rings. The highest BCUT2D eigenvalue weighted by atomic mass is 32.2. The number of H-pyrrole nitrogens is 1. The average Bonchev–Trinajstić information content (AvgIpc) is 3.02. The lowest BCUT2D eigenvalue weighted by molar-refractivity contribution is 0.0319. The van der Waals surface area contributed by atoms with Crippen molar-refractivity contribution in [3.05, 3.63) is 65.4 Å². The highest BCUT2D eigenvalue weighted by Crippen LogP contribution is 2.24. The van der Waals surface area contributed by atoms with Crippen molar-refractivity contribution in [2.45, 2.75) is 24.8 Å². The molecule has 0 bridgehead atoms. The van der Waals surface area contributed by atoms with Gasteiger partial charge in [0.2, 0.25) is 15.8 Å². The van der Waals surface area contributed by atoms with E-state index >= 15 is 0 Å². The molecule has 7 nitrogen and oxygen atoms in total. The molecule has 1 aromatic heterocycles. The molecule has 3 aromatic rings. The number of benzene rings is 2. The maximum atomic E-state index is 12.9. The summed E-state index contributed by atoms with van der Waals surface area (Å²) < 4.78 is 30.9. The number of carbonyl (C=O) groups excluding carboxylic acids is 2. The van der Waals surface area contributed by atoms with Crippen LogP contribution in [0.5, 0.6) is 0 Å². The van der Waals surface area contributed by atoms with E-state index in [9.17, 15) is 18.0 Å². The molecule has 1 N–H and O–H groups in total. The Morgan fingerprint density at radius 1 is 1.07 bits per heavy atom. The fourth-order valence-corrected chi connectivity index (χ4v) is 4.02. The predicted octanol–water partition coefficient (Wildman–Crippen LogP) is 3.15. The summed E-state index contributed by atoms with van der Waals surface area (Å²) in [5.74, 6) is -1.09. The molecule has 1 atom stereocenters. The molecule has 0 aliphatic carbocycles. The van der Waals surface area contributed by atoms with Crippen LogP contribution in [0, 0.1) is 6.92 Å². The van der Waals surface area contributed by atoms with Crippen LogP contribution >= 0.6 is 0 Å². The van der Waals surface area contributed by atoms with Gasteiger partial charge in [0.1, 0.15) is 0 Å². The maximum Gasteiger partial charge on any atom is 0.338 e. The van der Waals surface area contributed by atoms with Gasteiger partial charge in [0.05, 0.1) is 10.5 Å². The third kappa shape index (κ3) is 3.94. The molecule has 0 spiro atoms. The zero-order valence-corrected chi connectivity index (χ0v) is 17.4. The molecular weight excluding hydrogens is 392 g/mol. The minimum atomic E-state index is -3.69. The Labute approximate surface area is 169 Å². The van der Waals surface area contributed by atoms with Gasteiger partial charge < -0.3 is 9.72 Å². The first-order chi connectivity index (χ1) is 13.6. The quantitative estimate of drug-likeness (QED) is 0.494. The van der Waals surface area contributed by atoms with Crippen LogP contribution in [-0.4, -0.2) is 49.7 Å². The van der Waals surface area contributed by atoms with Gasteiger partial charge in [-0.2, -0.15) is 0 Å². The van der Waals surface area contributed by atoms with Crippen LogP contribution in [0.15, 0.2) is 53.4 Å². The van der Waals surface area contributed by atoms with Gasteiger partial charge in [-0.15, -0.1) is 0 Å². The Morgan fingerprint density at radius 2 is 1.76 bits per heavy atom. The van der Waals surface area contributed by atoms with Gasteiger partial charge in [-0.3, -0.25) is 4.79 Å². The zero-order chi connectivity index (χ0) is 21.3. The van der Waals surface area contributed by atoms with Gasteiger partial charge in [-0.25, -0.2) is 17.5 Å². The van der Waals surface area contributed by atoms with E-state index in [2.05, 4.69) is 4.98 Å². The van der Waals surface area contributed by atoms with E-state index in [-0.39, 0.29) is 16.2 Å². The van der Waals surface area contributed by atoms with E-state index in [4.69, 9.17) is 4.74 Å². The lowest BCUT2D eigenvalue weighted by Gasteiger charge is -2.14. The Kier molecular flexibility index (Phi) is 5.59. The van der Waals surface area contributed by atoms with Crippen molar-refractivity contribution >= 4 is 32.7 Å². The van der Waals surface area contributed by atoms with Gasteiger partial charge in [0, 0.05) is 36.3 Å². The molecule has 0 unspecified atom stereocenters. The largest absolute Gasteiger partial charge is 0.451 e. The standard InChI is InChI=1S/C21H22N2O5S/c1-13-19(17-10-5-6-11-18(17)22-13)20(24)14(2)28-21(25)15-8-7-9-16(12-15)29(26,27)23(3)4/h5-12,14,22H,1-4H3/t14-/m1/s1. The van der Waals surface area contributed by atoms with Crippen LogP contribution in [0.1, 0.15) is 33.3 Å². The summed E-state index contributed by atoms with van der Waals surface area (Å²) >= 11 is 0. The van der Waals surface area contributed by atoms with Crippen molar-refractivity contribution in [2.24, 2.45) is 0 Å². The second kappa shape index (κ2) is 7.81. The minimum Gasteiger partial charge on any atom is -0.451 e. The smallest absolute Gasteiger partial charge is 0.338 e. The van der Waals surface area contributed by atoms with Crippen LogP contribution < -0.4 is 0 Å². The Hall–Kier alpha value is -2.97. The number of esters is 1. The van der Waals surface area contributed by atoms with Gasteiger partial charge in [-0.1, -0.05) is 24.3 Å². The molecule has 0 amide bonds. The Bertz CT molecular complexity index is 1190. The van der Waals surface area contributed by atoms with E-state index < -0.39 is 22.1 Å². The van der Waals surface area contributed by atoms with Crippen LogP contribution in [0.3, 0.4) is 0 Å². The number of hydrogen-bond donors (Lipinski definition) is 1. The fraction of sp³-hybridized carbons (Fsp3) is 0.238. The normalized spacial score (nSPS) is 12.9. The van der Waals surface area contributed by atoms with Crippen LogP contribution in [0.25, 0.3) is 10.9 Å². The number of aromatic amines is 1. The molecule has 29 heavy (non-hydrogen) atoms. The number of ether oxygens (including phenoxy) is 1. The molecule has 0 saturated heterocycles. The number of nitrogens with one attached hydrogen (secondary N) is 1. The summed E-state index contributed by atoms with van der Waals surface area (Å²) in [5, 5.41) is 0.761. The molecular formula is C21H22N2O5S. The number of aromatic nitrogens is 1. The molecule has 0 radical (unpaired) electrons. The Balaban J connectivity index is 1.84. The van der Waals surface area contributed by atoms with E-state index in [0.29, 0.717) is 11.3 Å². The molecule has 0 aliphatic heterocycles. The Morgan fingerprint density at radius 3 is 2.45 bits per heavy atom. The number of ketones is 1. The van der Waals surface area contributed by atoms with Crippen molar-refractivity contribution in [1.29, 1.82) is 0 Å². The summed E-state index contributed by atoms with van der Waals surface area (Å²) in [7, 11) is -0.874. The summed E-state index contributed by atoms with van der Waals surface area (Å²) in [6.45, 7) is 3.29. The lowest BCUT2D eigenvalue weighted by atomic mass is 10.0. The van der Waals surface area contributed by atoms with Gasteiger partial charge in [0.25, 0.3) is 0 Å². The topological polar surface area (TPSA) is 96.5 Å². The summed E-state index contributed by atoms with van der Waals surface area (Å²) in [6.07, 6.45) is -1.03. The second-order valence-electron chi connectivity index (χ2n) is 6.90. The molecule has 152 valence electrons. The van der Waals surface area contributed by atoms with Crippen LogP contribution in [-0.2, 0) is 14.8 Å². The number of aryl methyl sites for hydroxylation is 1. The summed E-state index contributed by atoms with van der Waals surface area (Å²) in [6, 6.07) is 12.9. The third-order valence-electron chi connectivity index (χ3n) is 4.64. The van der Waals surface area contributed by atoms with Gasteiger partial charge in [-0.05, 0) is 38.1 Å². The number of hydrogen-bond acceptors (Lipinski definition) is 5. The molecule has 2 aromatic carbocycles. The highest BCUT2D eigenvalue weighted by molar-refractivity contribution is 7.89. The SMILES string of the molecule is Cc1[nH]c2ccccc2c1C(=O)[C@@H](C)OC(=O)c1cccc(S(=O)(=O)N(C)C)c1. The van der Waals surface area contributed by atoms with E-state index in [1.807, 2.05) is 24.3 Å². The van der Waals surface area contributed by atoms with Crippen molar-refractivity contribution < 1.29 is 22.7 Å². The fourth-order valence-electron chi connectivity index (χ4n) is 3.07. The lowest BCUT2D eigenvalue weighted by Crippen LogP contribution is -2.25. The van der Waals surface area contributed by atoms with Crippen molar-refractivity contribution in [1.82, 2.24) is 9.29 Å². The first-order valence-electron chi connectivity index (χ1n) is 8.98. The van der Waals surface area contributed by atoms with E-state index in [0.717, 1.165) is 15.2 Å². The molecule has 3 rings (SSSR count). The number of rotatable bonds is 6. The van der Waals surface area contributed by atoms with E-state index in [1.165, 1.54) is 45.3 Å². The van der Waals surface area contributed by atoms with Crippen molar-refractivity contribution in [3.63, 3.8) is 0 Å². The molecule has 8 heteroatoms. The number of sulfonamides is 1. The first-order valence-corrected chi connectivity index (χ1v) is 10.4. The molecule has 0 aliphatic rings. The number of carbonyl (C=O) groups is 2. The molecule has 1 heterocycles. The van der Waals surface area contributed by atoms with Crippen LogP contribution in [0.4, 0.5) is 0 Å².